The Kier molecular flexibility index (Phi) is 3.69. The van der Waals surface area contributed by atoms with Gasteiger partial charge in [0.1, 0.15) is 0 Å². The highest BCUT2D eigenvalue weighted by molar-refractivity contribution is 5.99. The van der Waals surface area contributed by atoms with E-state index in [0.29, 0.717) is 11.3 Å². The molecular formula is C19H18N2O3. The topological polar surface area (TPSA) is 75.0 Å². The number of hydrogen-bond acceptors (Lipinski definition) is 3. The number of aromatic nitrogens is 2. The first-order chi connectivity index (χ1) is 11.7. The molecule has 0 amide bonds. The van der Waals surface area contributed by atoms with Crippen molar-refractivity contribution in [2.45, 2.75) is 25.7 Å². The molecule has 2 aromatic heterocycles. The summed E-state index contributed by atoms with van der Waals surface area (Å²) < 4.78 is 5.16. The van der Waals surface area contributed by atoms with Gasteiger partial charge in [0.05, 0.1) is 11.3 Å². The number of H-pyrrole nitrogens is 2. The smallest absolute Gasteiger partial charge is 0.338 e. The summed E-state index contributed by atoms with van der Waals surface area (Å²) in [5.74, 6) is -0.712. The van der Waals surface area contributed by atoms with Gasteiger partial charge in [0.25, 0.3) is 0 Å². The van der Waals surface area contributed by atoms with E-state index in [1.165, 1.54) is 24.1 Å². The normalized spacial score (nSPS) is 13.7. The van der Waals surface area contributed by atoms with E-state index in [1.807, 2.05) is 12.1 Å². The first kappa shape index (κ1) is 14.8. The third-order valence-electron chi connectivity index (χ3n) is 4.57. The molecule has 0 unspecified atom stereocenters. The number of carbonyl (C=O) groups excluding carboxylic acids is 2. The van der Waals surface area contributed by atoms with Gasteiger partial charge in [-0.1, -0.05) is 0 Å². The molecule has 5 heteroatoms. The van der Waals surface area contributed by atoms with Gasteiger partial charge < -0.3 is 14.7 Å². The number of ketones is 1. The Balaban J connectivity index is 1.53. The molecule has 0 aliphatic heterocycles. The van der Waals surface area contributed by atoms with Gasteiger partial charge in [0.2, 0.25) is 5.78 Å². The van der Waals surface area contributed by atoms with Gasteiger partial charge in [-0.3, -0.25) is 4.79 Å². The Morgan fingerprint density at radius 3 is 2.83 bits per heavy atom. The van der Waals surface area contributed by atoms with Crippen molar-refractivity contribution in [1.29, 1.82) is 0 Å². The predicted octanol–water partition coefficient (Wildman–Crippen LogP) is 3.41. The zero-order valence-electron chi connectivity index (χ0n) is 13.2. The Morgan fingerprint density at radius 2 is 2.00 bits per heavy atom. The third-order valence-corrected chi connectivity index (χ3v) is 4.57. The van der Waals surface area contributed by atoms with Crippen molar-refractivity contribution in [3.05, 3.63) is 59.0 Å². The molecule has 0 radical (unpaired) electrons. The number of fused-ring (bicyclic) bond motifs is 3. The van der Waals surface area contributed by atoms with E-state index in [4.69, 9.17) is 4.74 Å². The first-order valence-electron chi connectivity index (χ1n) is 8.19. The summed E-state index contributed by atoms with van der Waals surface area (Å²) in [6.07, 6.45) is 6.15. The predicted molar refractivity (Wildman–Crippen MR) is 90.3 cm³/mol. The number of benzene rings is 1. The van der Waals surface area contributed by atoms with E-state index in [-0.39, 0.29) is 12.4 Å². The Bertz CT molecular complexity index is 906. The summed E-state index contributed by atoms with van der Waals surface area (Å²) in [6, 6.07) is 8.92. The van der Waals surface area contributed by atoms with Crippen molar-refractivity contribution in [3.8, 4) is 0 Å². The number of ether oxygens (including phenoxy) is 1. The molecule has 1 aliphatic carbocycles. The number of aryl methyl sites for hydroxylation is 2. The van der Waals surface area contributed by atoms with Crippen LogP contribution in [0, 0.1) is 0 Å². The summed E-state index contributed by atoms with van der Waals surface area (Å²) >= 11 is 0. The van der Waals surface area contributed by atoms with Crippen molar-refractivity contribution in [2.24, 2.45) is 0 Å². The number of aromatic amines is 2. The Hall–Kier alpha value is -2.82. The van der Waals surface area contributed by atoms with Crippen LogP contribution >= 0.6 is 0 Å². The number of nitrogens with one attached hydrogen (secondary N) is 2. The fourth-order valence-corrected chi connectivity index (χ4v) is 3.33. The molecule has 24 heavy (non-hydrogen) atoms. The van der Waals surface area contributed by atoms with E-state index in [0.717, 1.165) is 23.7 Å². The van der Waals surface area contributed by atoms with Gasteiger partial charge in [-0.2, -0.15) is 0 Å². The quantitative estimate of drug-likeness (QED) is 0.571. The van der Waals surface area contributed by atoms with Crippen molar-refractivity contribution in [2.75, 3.05) is 6.61 Å². The van der Waals surface area contributed by atoms with E-state index in [1.54, 1.807) is 24.4 Å². The molecule has 4 rings (SSSR count). The molecule has 0 atom stereocenters. The highest BCUT2D eigenvalue weighted by Crippen LogP contribution is 2.29. The molecule has 1 aliphatic rings. The van der Waals surface area contributed by atoms with Crippen LogP contribution in [-0.4, -0.2) is 28.3 Å². The molecular weight excluding hydrogens is 304 g/mol. The lowest BCUT2D eigenvalue weighted by molar-refractivity contribution is 0.0474. The van der Waals surface area contributed by atoms with Crippen molar-refractivity contribution >= 4 is 22.7 Å². The summed E-state index contributed by atoms with van der Waals surface area (Å²) in [5.41, 5.74) is 4.57. The van der Waals surface area contributed by atoms with Gasteiger partial charge >= 0.3 is 5.97 Å². The summed E-state index contributed by atoms with van der Waals surface area (Å²) in [5, 5.41) is 1.09. The minimum absolute atomic E-state index is 0.242. The summed E-state index contributed by atoms with van der Waals surface area (Å²) in [6.45, 7) is -0.261. The zero-order chi connectivity index (χ0) is 16.5. The molecule has 1 aromatic carbocycles. The minimum atomic E-state index is -0.470. The van der Waals surface area contributed by atoms with E-state index < -0.39 is 5.97 Å². The third kappa shape index (κ3) is 2.62. The lowest BCUT2D eigenvalue weighted by Gasteiger charge is -2.10. The van der Waals surface area contributed by atoms with Crippen LogP contribution in [0.2, 0.25) is 0 Å². The van der Waals surface area contributed by atoms with Crippen LogP contribution in [0.1, 0.15) is 44.9 Å². The lowest BCUT2D eigenvalue weighted by Crippen LogP contribution is -2.14. The second kappa shape index (κ2) is 6.00. The average molecular weight is 322 g/mol. The maximum atomic E-state index is 12.3. The van der Waals surface area contributed by atoms with Crippen LogP contribution in [0.15, 0.2) is 36.5 Å². The molecule has 5 nitrogen and oxygen atoms in total. The van der Waals surface area contributed by atoms with Crippen LogP contribution in [-0.2, 0) is 17.6 Å². The monoisotopic (exact) mass is 322 g/mol. The summed E-state index contributed by atoms with van der Waals surface area (Å²) in [4.78, 5) is 30.4. The molecule has 0 bridgehead atoms. The number of esters is 1. The van der Waals surface area contributed by atoms with E-state index >= 15 is 0 Å². The lowest BCUT2D eigenvalue weighted by atomic mass is 9.95. The van der Waals surface area contributed by atoms with Gasteiger partial charge in [-0.05, 0) is 61.6 Å². The second-order valence-electron chi connectivity index (χ2n) is 6.13. The molecule has 122 valence electrons. The molecule has 3 aromatic rings. The zero-order valence-corrected chi connectivity index (χ0v) is 13.2. The fraction of sp³-hybridized carbons (Fsp3) is 0.263. The van der Waals surface area contributed by atoms with Gasteiger partial charge in [-0.15, -0.1) is 0 Å². The van der Waals surface area contributed by atoms with E-state index in [9.17, 15) is 9.59 Å². The molecule has 2 N–H and O–H groups in total. The second-order valence-corrected chi connectivity index (χ2v) is 6.13. The number of Topliss-reactive ketones (excluding diaryl/α,β-unsaturated/α-hetero) is 1. The van der Waals surface area contributed by atoms with Crippen molar-refractivity contribution in [3.63, 3.8) is 0 Å². The highest BCUT2D eigenvalue weighted by Gasteiger charge is 2.18. The molecule has 0 saturated carbocycles. The van der Waals surface area contributed by atoms with Crippen LogP contribution < -0.4 is 0 Å². The summed E-state index contributed by atoms with van der Waals surface area (Å²) in [7, 11) is 0. The Morgan fingerprint density at radius 1 is 1.12 bits per heavy atom. The van der Waals surface area contributed by atoms with E-state index in [2.05, 4.69) is 9.97 Å². The largest absolute Gasteiger partial charge is 0.454 e. The van der Waals surface area contributed by atoms with Crippen LogP contribution in [0.4, 0.5) is 0 Å². The standard InChI is InChI=1S/C19H18N2O3/c22-18(17-6-3-9-20-17)11-24-19(23)12-7-8-16-14(10-12)13-4-1-2-5-15(13)21-16/h3,6-10,20-21H,1-2,4-5,11H2. The average Bonchev–Trinajstić information content (AvgIpc) is 3.26. The Labute approximate surface area is 139 Å². The number of rotatable bonds is 4. The highest BCUT2D eigenvalue weighted by atomic mass is 16.5. The fourth-order valence-electron chi connectivity index (χ4n) is 3.33. The molecule has 2 heterocycles. The minimum Gasteiger partial charge on any atom is -0.454 e. The molecule has 0 fully saturated rings. The van der Waals surface area contributed by atoms with Crippen LogP contribution in [0.3, 0.4) is 0 Å². The van der Waals surface area contributed by atoms with Crippen LogP contribution in [0.5, 0.6) is 0 Å². The number of carbonyl (C=O) groups is 2. The maximum absolute atomic E-state index is 12.3. The molecule has 0 spiro atoms. The SMILES string of the molecule is O=C(OCC(=O)c1ccc[nH]1)c1ccc2[nH]c3c(c2c1)CCCC3. The van der Waals surface area contributed by atoms with Gasteiger partial charge in [0, 0.05) is 22.8 Å². The maximum Gasteiger partial charge on any atom is 0.338 e. The first-order valence-corrected chi connectivity index (χ1v) is 8.19. The molecule has 0 saturated heterocycles. The van der Waals surface area contributed by atoms with Gasteiger partial charge in [0.15, 0.2) is 6.61 Å². The van der Waals surface area contributed by atoms with Crippen molar-refractivity contribution in [1.82, 2.24) is 9.97 Å². The number of hydrogen-bond donors (Lipinski definition) is 2. The van der Waals surface area contributed by atoms with Crippen molar-refractivity contribution < 1.29 is 14.3 Å². The van der Waals surface area contributed by atoms with Gasteiger partial charge in [-0.25, -0.2) is 4.79 Å². The van der Waals surface area contributed by atoms with Crippen LogP contribution in [0.25, 0.3) is 10.9 Å².